The third-order valence-electron chi connectivity index (χ3n) is 3.60. The molecule has 4 N–H and O–H groups in total. The minimum absolute atomic E-state index is 0. The van der Waals surface area contributed by atoms with Crippen molar-refractivity contribution in [1.29, 1.82) is 0 Å². The summed E-state index contributed by atoms with van der Waals surface area (Å²) in [6, 6.07) is 10.9. The first kappa shape index (κ1) is 20.7. The Labute approximate surface area is 153 Å². The van der Waals surface area contributed by atoms with Gasteiger partial charge in [0.25, 0.3) is 0 Å². The summed E-state index contributed by atoms with van der Waals surface area (Å²) in [7, 11) is 0. The summed E-state index contributed by atoms with van der Waals surface area (Å²) < 4.78 is 1.69. The van der Waals surface area contributed by atoms with Crippen LogP contribution < -0.4 is 16.4 Å². The van der Waals surface area contributed by atoms with E-state index in [1.807, 2.05) is 44.2 Å². The summed E-state index contributed by atoms with van der Waals surface area (Å²) in [4.78, 5) is 23.8. The fourth-order valence-corrected chi connectivity index (χ4v) is 2.10. The normalized spacial score (nSPS) is 11.5. The van der Waals surface area contributed by atoms with Crippen LogP contribution in [0.3, 0.4) is 0 Å². The lowest BCUT2D eigenvalue weighted by molar-refractivity contribution is -0.125. The third kappa shape index (κ3) is 6.21. The Morgan fingerprint density at radius 1 is 1.20 bits per heavy atom. The molecule has 0 aliphatic carbocycles. The predicted octanol–water partition coefficient (Wildman–Crippen LogP) is 1.39. The Morgan fingerprint density at radius 2 is 1.88 bits per heavy atom. The minimum atomic E-state index is -0.624. The summed E-state index contributed by atoms with van der Waals surface area (Å²) >= 11 is 0. The predicted molar refractivity (Wildman–Crippen MR) is 99.5 cm³/mol. The van der Waals surface area contributed by atoms with Gasteiger partial charge in [-0.25, -0.2) is 4.68 Å². The van der Waals surface area contributed by atoms with Crippen LogP contribution in [0, 0.1) is 5.92 Å². The molecule has 2 amide bonds. The Bertz CT molecular complexity index is 687. The number of carbonyl (C=O) groups excluding carboxylic acids is 2. The molecule has 0 spiro atoms. The summed E-state index contributed by atoms with van der Waals surface area (Å²) in [6.45, 7) is 4.13. The van der Waals surface area contributed by atoms with E-state index < -0.39 is 6.04 Å². The lowest BCUT2D eigenvalue weighted by Gasteiger charge is -2.15. The number of benzene rings is 1. The molecule has 1 aromatic carbocycles. The highest BCUT2D eigenvalue weighted by Crippen LogP contribution is 2.09. The molecule has 136 valence electrons. The van der Waals surface area contributed by atoms with Crippen molar-refractivity contribution in [3.63, 3.8) is 0 Å². The zero-order chi connectivity index (χ0) is 17.5. The number of halogens is 1. The molecular weight excluding hydrogens is 342 g/mol. The SMILES string of the molecule is CC(C)[C@H](N)C(=O)NCC(=O)Nc1ccnn1Cc1ccccc1.Cl. The first-order valence-electron chi connectivity index (χ1n) is 7.86. The molecule has 0 aliphatic rings. The van der Waals surface area contributed by atoms with E-state index in [1.165, 1.54) is 0 Å². The average Bonchev–Trinajstić information content (AvgIpc) is 2.99. The van der Waals surface area contributed by atoms with Crippen molar-refractivity contribution < 1.29 is 9.59 Å². The summed E-state index contributed by atoms with van der Waals surface area (Å²) in [5, 5.41) is 9.49. The standard InChI is InChI=1S/C17H23N5O2.ClH/c1-12(2)16(18)17(24)19-10-15(23)21-14-8-9-20-22(14)11-13-6-4-3-5-7-13;/h3-9,12,16H,10-11,18H2,1-2H3,(H,19,24)(H,21,23);1H/t16-;/m0./s1. The second-order valence-electron chi connectivity index (χ2n) is 5.90. The number of hydrogen-bond acceptors (Lipinski definition) is 4. The van der Waals surface area contributed by atoms with Crippen LogP contribution in [0.25, 0.3) is 0 Å². The quantitative estimate of drug-likeness (QED) is 0.690. The molecule has 0 radical (unpaired) electrons. The molecule has 0 saturated carbocycles. The molecule has 0 aliphatic heterocycles. The van der Waals surface area contributed by atoms with Gasteiger partial charge in [0.15, 0.2) is 0 Å². The van der Waals surface area contributed by atoms with Crippen molar-refractivity contribution in [2.24, 2.45) is 11.7 Å². The molecule has 8 heteroatoms. The number of aromatic nitrogens is 2. The Balaban J connectivity index is 0.00000312. The molecule has 2 aromatic rings. The van der Waals surface area contributed by atoms with Gasteiger partial charge in [0, 0.05) is 6.07 Å². The van der Waals surface area contributed by atoms with Crippen molar-refractivity contribution in [2.45, 2.75) is 26.4 Å². The van der Waals surface area contributed by atoms with Gasteiger partial charge in [0.2, 0.25) is 11.8 Å². The maximum atomic E-state index is 12.0. The monoisotopic (exact) mass is 365 g/mol. The average molecular weight is 366 g/mol. The molecule has 7 nitrogen and oxygen atoms in total. The number of rotatable bonds is 7. The number of carbonyl (C=O) groups is 2. The zero-order valence-electron chi connectivity index (χ0n) is 14.3. The van der Waals surface area contributed by atoms with Gasteiger partial charge in [-0.1, -0.05) is 44.2 Å². The summed E-state index contributed by atoms with van der Waals surface area (Å²) in [6.07, 6.45) is 1.62. The van der Waals surface area contributed by atoms with Crippen LogP contribution in [0.2, 0.25) is 0 Å². The van der Waals surface area contributed by atoms with Gasteiger partial charge in [-0.15, -0.1) is 12.4 Å². The van der Waals surface area contributed by atoms with Crippen molar-refractivity contribution in [2.75, 3.05) is 11.9 Å². The Morgan fingerprint density at radius 3 is 2.52 bits per heavy atom. The van der Waals surface area contributed by atoms with Gasteiger partial charge in [-0.3, -0.25) is 9.59 Å². The van der Waals surface area contributed by atoms with E-state index in [-0.39, 0.29) is 36.7 Å². The molecule has 1 aromatic heterocycles. The molecule has 0 bridgehead atoms. The number of anilines is 1. The molecule has 1 atom stereocenters. The highest BCUT2D eigenvalue weighted by Gasteiger charge is 2.17. The van der Waals surface area contributed by atoms with E-state index in [1.54, 1.807) is 16.9 Å². The van der Waals surface area contributed by atoms with E-state index in [4.69, 9.17) is 5.73 Å². The van der Waals surface area contributed by atoms with E-state index in [2.05, 4.69) is 15.7 Å². The largest absolute Gasteiger partial charge is 0.346 e. The maximum Gasteiger partial charge on any atom is 0.244 e. The smallest absolute Gasteiger partial charge is 0.244 e. The minimum Gasteiger partial charge on any atom is -0.346 e. The van der Waals surface area contributed by atoms with Crippen LogP contribution in [0.15, 0.2) is 42.6 Å². The third-order valence-corrected chi connectivity index (χ3v) is 3.60. The highest BCUT2D eigenvalue weighted by molar-refractivity contribution is 5.94. The Kier molecular flexibility index (Phi) is 8.10. The van der Waals surface area contributed by atoms with E-state index in [9.17, 15) is 9.59 Å². The van der Waals surface area contributed by atoms with Gasteiger partial charge in [-0.05, 0) is 11.5 Å². The van der Waals surface area contributed by atoms with Crippen LogP contribution in [0.5, 0.6) is 0 Å². The summed E-state index contributed by atoms with van der Waals surface area (Å²) in [5.41, 5.74) is 6.81. The van der Waals surface area contributed by atoms with Crippen molar-refractivity contribution in [3.05, 3.63) is 48.2 Å². The second kappa shape index (κ2) is 9.80. The first-order chi connectivity index (χ1) is 11.5. The molecule has 2 rings (SSSR count). The number of nitrogens with two attached hydrogens (primary N) is 1. The lowest BCUT2D eigenvalue weighted by atomic mass is 10.1. The summed E-state index contributed by atoms with van der Waals surface area (Å²) in [5.74, 6) is -0.0707. The number of hydrogen-bond donors (Lipinski definition) is 3. The second-order valence-corrected chi connectivity index (χ2v) is 5.90. The van der Waals surface area contributed by atoms with Crippen molar-refractivity contribution in [1.82, 2.24) is 15.1 Å². The topological polar surface area (TPSA) is 102 Å². The van der Waals surface area contributed by atoms with Gasteiger partial charge in [0.05, 0.1) is 25.3 Å². The lowest BCUT2D eigenvalue weighted by Crippen LogP contribution is -2.46. The Hall–Kier alpha value is -2.38. The van der Waals surface area contributed by atoms with Crippen LogP contribution in [-0.4, -0.2) is 34.2 Å². The fourth-order valence-electron chi connectivity index (χ4n) is 2.10. The van der Waals surface area contributed by atoms with Crippen LogP contribution in [-0.2, 0) is 16.1 Å². The van der Waals surface area contributed by atoms with Gasteiger partial charge >= 0.3 is 0 Å². The van der Waals surface area contributed by atoms with Crippen LogP contribution >= 0.6 is 12.4 Å². The molecule has 0 unspecified atom stereocenters. The molecule has 0 fully saturated rings. The van der Waals surface area contributed by atoms with Crippen LogP contribution in [0.4, 0.5) is 5.82 Å². The molecular formula is C17H24ClN5O2. The van der Waals surface area contributed by atoms with Gasteiger partial charge < -0.3 is 16.4 Å². The maximum absolute atomic E-state index is 12.0. The molecule has 1 heterocycles. The molecule has 25 heavy (non-hydrogen) atoms. The van der Waals surface area contributed by atoms with E-state index in [0.29, 0.717) is 12.4 Å². The first-order valence-corrected chi connectivity index (χ1v) is 7.86. The van der Waals surface area contributed by atoms with Crippen molar-refractivity contribution in [3.8, 4) is 0 Å². The number of nitrogens with zero attached hydrogens (tertiary/aromatic N) is 2. The zero-order valence-corrected chi connectivity index (χ0v) is 15.1. The molecule has 0 saturated heterocycles. The van der Waals surface area contributed by atoms with E-state index >= 15 is 0 Å². The van der Waals surface area contributed by atoms with Gasteiger partial charge in [-0.2, -0.15) is 5.10 Å². The number of amides is 2. The van der Waals surface area contributed by atoms with Crippen molar-refractivity contribution >= 4 is 30.0 Å². The number of nitrogens with one attached hydrogen (secondary N) is 2. The van der Waals surface area contributed by atoms with Crippen LogP contribution in [0.1, 0.15) is 19.4 Å². The van der Waals surface area contributed by atoms with Gasteiger partial charge in [0.1, 0.15) is 5.82 Å². The van der Waals surface area contributed by atoms with E-state index in [0.717, 1.165) is 5.56 Å². The highest BCUT2D eigenvalue weighted by atomic mass is 35.5. The fraction of sp³-hybridized carbons (Fsp3) is 0.353.